The third-order valence-electron chi connectivity index (χ3n) is 3.12. The number of anilines is 2. The number of nitrogens with one attached hydrogen (secondary N) is 1. The molecular weight excluding hydrogens is 342 g/mol. The van der Waals surface area contributed by atoms with E-state index in [1.165, 1.54) is 30.3 Å². The number of rotatable bonds is 3. The number of aromatic nitrogens is 2. The van der Waals surface area contributed by atoms with Gasteiger partial charge >= 0.3 is 0 Å². The second-order valence-corrected chi connectivity index (χ2v) is 5.78. The Morgan fingerprint density at radius 1 is 1.04 bits per heavy atom. The first kappa shape index (κ1) is 16.7. The smallest absolute Gasteiger partial charge is 0.165 e. The summed E-state index contributed by atoms with van der Waals surface area (Å²) in [7, 11) is 0. The van der Waals surface area contributed by atoms with Gasteiger partial charge in [0, 0.05) is 29.0 Å². The number of pyridine rings is 2. The van der Waals surface area contributed by atoms with E-state index in [1.807, 2.05) is 6.07 Å². The average Bonchev–Trinajstić information content (AvgIpc) is 2.63. The zero-order valence-corrected chi connectivity index (χ0v) is 13.6. The first-order valence-electron chi connectivity index (χ1n) is 7.18. The molecule has 0 atom stereocenters. The predicted molar refractivity (Wildman–Crippen MR) is 94.7 cm³/mol. The molecule has 0 unspecified atom stereocenters. The van der Waals surface area contributed by atoms with E-state index in [1.54, 1.807) is 30.6 Å². The van der Waals surface area contributed by atoms with Crippen molar-refractivity contribution in [2.75, 3.05) is 10.5 Å². The number of nitrogens with two attached hydrogens (primary N) is 1. The van der Waals surface area contributed by atoms with Gasteiger partial charge in [0.25, 0.3) is 0 Å². The molecule has 0 aliphatic heterocycles. The van der Waals surface area contributed by atoms with Crippen LogP contribution in [0.4, 0.5) is 20.3 Å². The van der Waals surface area contributed by atoms with Crippen molar-refractivity contribution >= 4 is 23.5 Å². The van der Waals surface area contributed by atoms with Crippen LogP contribution in [0.3, 0.4) is 0 Å². The van der Waals surface area contributed by atoms with Gasteiger partial charge in [0.1, 0.15) is 11.6 Å². The highest BCUT2D eigenvalue weighted by atomic mass is 32.2. The molecule has 0 spiro atoms. The Hall–Kier alpha value is -3.11. The van der Waals surface area contributed by atoms with Gasteiger partial charge in [-0.15, -0.1) is 0 Å². The van der Waals surface area contributed by atoms with Gasteiger partial charge in [0.05, 0.1) is 11.3 Å². The Kier molecular flexibility index (Phi) is 5.11. The van der Waals surface area contributed by atoms with Gasteiger partial charge in [-0.05, 0) is 48.3 Å². The number of halogens is 2. The molecule has 3 rings (SSSR count). The quantitative estimate of drug-likeness (QED) is 0.552. The van der Waals surface area contributed by atoms with Gasteiger partial charge in [-0.3, -0.25) is 4.98 Å². The number of nitrogens with zero attached hydrogens (tertiary/aromatic N) is 2. The molecule has 0 radical (unpaired) electrons. The summed E-state index contributed by atoms with van der Waals surface area (Å²) >= 11 is 1.17. The van der Waals surface area contributed by atoms with Crippen molar-refractivity contribution in [3.8, 4) is 11.8 Å². The molecular formula is C18H12F2N4S. The Morgan fingerprint density at radius 2 is 1.92 bits per heavy atom. The van der Waals surface area contributed by atoms with Crippen LogP contribution in [0, 0.1) is 23.5 Å². The Balaban J connectivity index is 1.84. The molecule has 0 aliphatic carbocycles. The minimum Gasteiger partial charge on any atom is -0.384 e. The van der Waals surface area contributed by atoms with E-state index >= 15 is 0 Å². The van der Waals surface area contributed by atoms with Gasteiger partial charge in [0.2, 0.25) is 0 Å². The molecule has 0 aliphatic rings. The third-order valence-corrected chi connectivity index (χ3v) is 3.92. The van der Waals surface area contributed by atoms with Crippen molar-refractivity contribution in [2.24, 2.45) is 0 Å². The summed E-state index contributed by atoms with van der Waals surface area (Å²) in [6.07, 6.45) is 4.72. The van der Waals surface area contributed by atoms with Gasteiger partial charge in [-0.2, -0.15) is 0 Å². The highest BCUT2D eigenvalue weighted by molar-refractivity contribution is 8.00. The van der Waals surface area contributed by atoms with E-state index in [0.29, 0.717) is 11.4 Å². The fourth-order valence-electron chi connectivity index (χ4n) is 1.88. The van der Waals surface area contributed by atoms with Crippen molar-refractivity contribution in [1.29, 1.82) is 0 Å². The van der Waals surface area contributed by atoms with Crippen LogP contribution in [-0.4, -0.2) is 9.97 Å². The summed E-state index contributed by atoms with van der Waals surface area (Å²) in [5.74, 6) is 4.05. The van der Waals surface area contributed by atoms with Crippen LogP contribution in [0.5, 0.6) is 0 Å². The zero-order valence-electron chi connectivity index (χ0n) is 12.8. The van der Waals surface area contributed by atoms with E-state index in [4.69, 9.17) is 5.73 Å². The molecule has 2 heterocycles. The highest BCUT2D eigenvalue weighted by Gasteiger charge is 2.12. The van der Waals surface area contributed by atoms with Gasteiger partial charge in [-0.25, -0.2) is 13.8 Å². The molecule has 3 aromatic rings. The van der Waals surface area contributed by atoms with E-state index in [9.17, 15) is 8.78 Å². The molecule has 0 saturated carbocycles. The molecule has 0 saturated heterocycles. The number of nitrogen functional groups attached to an aromatic ring is 1. The minimum atomic E-state index is -0.757. The van der Waals surface area contributed by atoms with Crippen LogP contribution in [0.1, 0.15) is 11.1 Å². The predicted octanol–water partition coefficient (Wildman–Crippen LogP) is 3.86. The molecule has 4 nitrogen and oxygen atoms in total. The lowest BCUT2D eigenvalue weighted by Gasteiger charge is -2.08. The first-order chi connectivity index (χ1) is 12.1. The molecule has 0 fully saturated rings. The number of hydrogen-bond acceptors (Lipinski definition) is 5. The fourth-order valence-corrected chi connectivity index (χ4v) is 2.53. The number of benzene rings is 1. The summed E-state index contributed by atoms with van der Waals surface area (Å²) < 4.78 is 31.3. The summed E-state index contributed by atoms with van der Waals surface area (Å²) in [4.78, 5) is 8.65. The molecule has 0 bridgehead atoms. The summed E-state index contributed by atoms with van der Waals surface area (Å²) in [6, 6.07) is 9.28. The zero-order chi connectivity index (χ0) is 17.6. The standard InChI is InChI=1S/C18H12F2N4S/c19-15-6-7-16(24-25-13-2-1-9-22-11-13)18(20)14(15)5-3-12-4-8-17(21)23-10-12/h1-2,4,6-11,24H,(H2,21,23). The molecule has 1 aromatic carbocycles. The maximum absolute atomic E-state index is 14.5. The molecule has 2 aromatic heterocycles. The Morgan fingerprint density at radius 3 is 2.64 bits per heavy atom. The number of hydrogen-bond donors (Lipinski definition) is 2. The van der Waals surface area contributed by atoms with Crippen LogP contribution in [0.2, 0.25) is 0 Å². The van der Waals surface area contributed by atoms with Crippen LogP contribution in [-0.2, 0) is 0 Å². The van der Waals surface area contributed by atoms with E-state index in [-0.39, 0.29) is 11.3 Å². The maximum atomic E-state index is 14.5. The largest absolute Gasteiger partial charge is 0.384 e. The lowest BCUT2D eigenvalue weighted by Crippen LogP contribution is -1.97. The monoisotopic (exact) mass is 354 g/mol. The van der Waals surface area contributed by atoms with Crippen molar-refractivity contribution in [3.05, 3.63) is 77.8 Å². The fraction of sp³-hybridized carbons (Fsp3) is 0. The SMILES string of the molecule is Nc1ccc(C#Cc2c(F)ccc(NSc3cccnc3)c2F)cn1. The van der Waals surface area contributed by atoms with Crippen LogP contribution >= 0.6 is 11.9 Å². The highest BCUT2D eigenvalue weighted by Crippen LogP contribution is 2.25. The lowest BCUT2D eigenvalue weighted by atomic mass is 10.1. The van der Waals surface area contributed by atoms with Crippen molar-refractivity contribution in [1.82, 2.24) is 9.97 Å². The maximum Gasteiger partial charge on any atom is 0.165 e. The first-order valence-corrected chi connectivity index (χ1v) is 7.99. The normalized spacial score (nSPS) is 10.0. The van der Waals surface area contributed by atoms with E-state index in [2.05, 4.69) is 26.5 Å². The van der Waals surface area contributed by atoms with E-state index < -0.39 is 11.6 Å². The van der Waals surface area contributed by atoms with Crippen LogP contribution in [0.15, 0.2) is 59.9 Å². The average molecular weight is 354 g/mol. The molecule has 25 heavy (non-hydrogen) atoms. The van der Waals surface area contributed by atoms with Crippen LogP contribution in [0.25, 0.3) is 0 Å². The van der Waals surface area contributed by atoms with Crippen LogP contribution < -0.4 is 10.5 Å². The summed E-state index contributed by atoms with van der Waals surface area (Å²) in [6.45, 7) is 0. The Labute approximate surface area is 147 Å². The second kappa shape index (κ2) is 7.64. The van der Waals surface area contributed by atoms with Gasteiger partial charge in [-0.1, -0.05) is 11.8 Å². The lowest BCUT2D eigenvalue weighted by molar-refractivity contribution is 0.580. The molecule has 0 amide bonds. The van der Waals surface area contributed by atoms with Crippen molar-refractivity contribution < 1.29 is 8.78 Å². The molecule has 7 heteroatoms. The van der Waals surface area contributed by atoms with Crippen molar-refractivity contribution in [3.63, 3.8) is 0 Å². The van der Waals surface area contributed by atoms with Gasteiger partial charge < -0.3 is 10.5 Å². The summed E-state index contributed by atoms with van der Waals surface area (Å²) in [5, 5.41) is 0. The second-order valence-electron chi connectivity index (χ2n) is 4.90. The minimum absolute atomic E-state index is 0.134. The molecule has 124 valence electrons. The van der Waals surface area contributed by atoms with Crippen molar-refractivity contribution in [2.45, 2.75) is 4.90 Å². The van der Waals surface area contributed by atoms with E-state index in [0.717, 1.165) is 4.90 Å². The Bertz CT molecular complexity index is 935. The third kappa shape index (κ3) is 4.25. The van der Waals surface area contributed by atoms with Gasteiger partial charge in [0.15, 0.2) is 5.82 Å². The summed E-state index contributed by atoms with van der Waals surface area (Å²) in [5.41, 5.74) is 5.82. The topological polar surface area (TPSA) is 63.8 Å². The molecule has 3 N–H and O–H groups in total.